The molecule has 0 radical (unpaired) electrons. The van der Waals surface area contributed by atoms with E-state index in [-0.39, 0.29) is 11.7 Å². The van der Waals surface area contributed by atoms with Gasteiger partial charge in [-0.3, -0.25) is 4.79 Å². The Balaban J connectivity index is 2.22. The van der Waals surface area contributed by atoms with Crippen LogP contribution < -0.4 is 0 Å². The van der Waals surface area contributed by atoms with Crippen LogP contribution in [0.4, 0.5) is 0 Å². The SMILES string of the molecule is Cc1ncc(C(=O)C2CC2)cn1. The van der Waals surface area contributed by atoms with Gasteiger partial charge in [0, 0.05) is 18.3 Å². The number of hydrogen-bond acceptors (Lipinski definition) is 3. The lowest BCUT2D eigenvalue weighted by Gasteiger charge is -1.96. The molecule has 0 amide bonds. The number of Topliss-reactive ketones (excluding diaryl/α,β-unsaturated/α-hetero) is 1. The van der Waals surface area contributed by atoms with Crippen LogP contribution in [-0.4, -0.2) is 15.8 Å². The Labute approximate surface area is 70.9 Å². The zero-order valence-corrected chi connectivity index (χ0v) is 6.95. The average molecular weight is 162 g/mol. The molecule has 0 aliphatic heterocycles. The smallest absolute Gasteiger partial charge is 0.169 e. The molecule has 0 aromatic carbocycles. The summed E-state index contributed by atoms with van der Waals surface area (Å²) >= 11 is 0. The first-order valence-electron chi connectivity index (χ1n) is 4.10. The number of nitrogens with zero attached hydrogens (tertiary/aromatic N) is 2. The van der Waals surface area contributed by atoms with Gasteiger partial charge in [-0.1, -0.05) is 0 Å². The fourth-order valence-electron chi connectivity index (χ4n) is 1.10. The molecule has 12 heavy (non-hydrogen) atoms. The molecule has 0 bridgehead atoms. The summed E-state index contributed by atoms with van der Waals surface area (Å²) in [5.74, 6) is 1.17. The van der Waals surface area contributed by atoms with Crippen LogP contribution >= 0.6 is 0 Å². The van der Waals surface area contributed by atoms with Crippen molar-refractivity contribution in [1.82, 2.24) is 9.97 Å². The Bertz CT molecular complexity index is 301. The van der Waals surface area contributed by atoms with Crippen LogP contribution in [0, 0.1) is 12.8 Å². The van der Waals surface area contributed by atoms with Gasteiger partial charge in [-0.15, -0.1) is 0 Å². The number of ketones is 1. The molecule has 2 rings (SSSR count). The monoisotopic (exact) mass is 162 g/mol. The van der Waals surface area contributed by atoms with Crippen molar-refractivity contribution in [2.75, 3.05) is 0 Å². The van der Waals surface area contributed by atoms with Crippen molar-refractivity contribution >= 4 is 5.78 Å². The lowest BCUT2D eigenvalue weighted by atomic mass is 10.1. The van der Waals surface area contributed by atoms with Crippen molar-refractivity contribution in [3.63, 3.8) is 0 Å². The van der Waals surface area contributed by atoms with Crippen molar-refractivity contribution in [1.29, 1.82) is 0 Å². The number of hydrogen-bond donors (Lipinski definition) is 0. The molecule has 0 atom stereocenters. The maximum Gasteiger partial charge on any atom is 0.169 e. The number of carbonyl (C=O) groups excluding carboxylic acids is 1. The third kappa shape index (κ3) is 1.35. The van der Waals surface area contributed by atoms with Crippen molar-refractivity contribution in [2.24, 2.45) is 5.92 Å². The van der Waals surface area contributed by atoms with E-state index < -0.39 is 0 Å². The molecular formula is C9H10N2O. The molecule has 1 aromatic rings. The summed E-state index contributed by atoms with van der Waals surface area (Å²) in [4.78, 5) is 19.4. The summed E-state index contributed by atoms with van der Waals surface area (Å²) in [6, 6.07) is 0. The molecule has 1 aliphatic rings. The van der Waals surface area contributed by atoms with Crippen LogP contribution in [-0.2, 0) is 0 Å². The maximum atomic E-state index is 11.4. The molecule has 1 saturated carbocycles. The van der Waals surface area contributed by atoms with E-state index in [9.17, 15) is 4.79 Å². The summed E-state index contributed by atoms with van der Waals surface area (Å²) < 4.78 is 0. The number of aryl methyl sites for hydroxylation is 1. The van der Waals surface area contributed by atoms with Gasteiger partial charge in [-0.2, -0.15) is 0 Å². The van der Waals surface area contributed by atoms with Crippen molar-refractivity contribution < 1.29 is 4.79 Å². The van der Waals surface area contributed by atoms with Crippen molar-refractivity contribution in [3.05, 3.63) is 23.8 Å². The minimum Gasteiger partial charge on any atom is -0.294 e. The highest BCUT2D eigenvalue weighted by atomic mass is 16.1. The van der Waals surface area contributed by atoms with Gasteiger partial charge in [0.2, 0.25) is 0 Å². The van der Waals surface area contributed by atoms with E-state index in [1.54, 1.807) is 12.4 Å². The van der Waals surface area contributed by atoms with Crippen LogP contribution in [0.15, 0.2) is 12.4 Å². The Kier molecular flexibility index (Phi) is 1.64. The summed E-state index contributed by atoms with van der Waals surface area (Å²) in [6.45, 7) is 1.81. The Morgan fingerprint density at radius 1 is 1.42 bits per heavy atom. The standard InChI is InChI=1S/C9H10N2O/c1-6-10-4-8(5-11-6)9(12)7-2-3-7/h4-5,7H,2-3H2,1H3. The highest BCUT2D eigenvalue weighted by molar-refractivity contribution is 5.98. The van der Waals surface area contributed by atoms with Crippen LogP contribution in [0.2, 0.25) is 0 Å². The number of rotatable bonds is 2. The van der Waals surface area contributed by atoms with Gasteiger partial charge in [0.25, 0.3) is 0 Å². The van der Waals surface area contributed by atoms with E-state index in [2.05, 4.69) is 9.97 Å². The fraction of sp³-hybridized carbons (Fsp3) is 0.444. The first kappa shape index (κ1) is 7.40. The third-order valence-corrected chi connectivity index (χ3v) is 2.01. The summed E-state index contributed by atoms with van der Waals surface area (Å²) in [5, 5.41) is 0. The predicted molar refractivity (Wildman–Crippen MR) is 43.8 cm³/mol. The lowest BCUT2D eigenvalue weighted by Crippen LogP contribution is -2.03. The molecule has 3 heteroatoms. The molecule has 62 valence electrons. The topological polar surface area (TPSA) is 42.9 Å². The molecule has 0 N–H and O–H groups in total. The predicted octanol–water partition coefficient (Wildman–Crippen LogP) is 1.38. The Morgan fingerprint density at radius 3 is 2.50 bits per heavy atom. The molecule has 1 aliphatic carbocycles. The highest BCUT2D eigenvalue weighted by Crippen LogP contribution is 2.32. The minimum absolute atomic E-state index is 0.204. The summed E-state index contributed by atoms with van der Waals surface area (Å²) in [7, 11) is 0. The second-order valence-corrected chi connectivity index (χ2v) is 3.16. The van der Waals surface area contributed by atoms with Gasteiger partial charge in [-0.05, 0) is 19.8 Å². The van der Waals surface area contributed by atoms with E-state index in [1.165, 1.54) is 0 Å². The van der Waals surface area contributed by atoms with Gasteiger partial charge in [0.1, 0.15) is 5.82 Å². The number of aromatic nitrogens is 2. The van der Waals surface area contributed by atoms with Crippen molar-refractivity contribution in [3.8, 4) is 0 Å². The van der Waals surface area contributed by atoms with Gasteiger partial charge >= 0.3 is 0 Å². The quantitative estimate of drug-likeness (QED) is 0.617. The van der Waals surface area contributed by atoms with Gasteiger partial charge < -0.3 is 0 Å². The summed E-state index contributed by atoms with van der Waals surface area (Å²) in [6.07, 6.45) is 5.30. The molecule has 0 saturated heterocycles. The van der Waals surface area contributed by atoms with E-state index in [0.717, 1.165) is 12.8 Å². The Morgan fingerprint density at radius 2 is 2.00 bits per heavy atom. The van der Waals surface area contributed by atoms with Crippen LogP contribution in [0.5, 0.6) is 0 Å². The zero-order chi connectivity index (χ0) is 8.55. The van der Waals surface area contributed by atoms with Gasteiger partial charge in [0.15, 0.2) is 5.78 Å². The molecule has 3 nitrogen and oxygen atoms in total. The second-order valence-electron chi connectivity index (χ2n) is 3.16. The Hall–Kier alpha value is -1.25. The number of carbonyl (C=O) groups is 1. The highest BCUT2D eigenvalue weighted by Gasteiger charge is 2.30. The summed E-state index contributed by atoms with van der Waals surface area (Å²) in [5.41, 5.74) is 0.656. The van der Waals surface area contributed by atoms with Crippen LogP contribution in [0.25, 0.3) is 0 Å². The van der Waals surface area contributed by atoms with Crippen molar-refractivity contribution in [2.45, 2.75) is 19.8 Å². The maximum absolute atomic E-state index is 11.4. The first-order chi connectivity index (χ1) is 5.77. The molecule has 0 unspecified atom stereocenters. The lowest BCUT2D eigenvalue weighted by molar-refractivity contribution is 0.0967. The van der Waals surface area contributed by atoms with Crippen LogP contribution in [0.1, 0.15) is 29.0 Å². The normalized spacial score (nSPS) is 16.1. The molecular weight excluding hydrogens is 152 g/mol. The largest absolute Gasteiger partial charge is 0.294 e. The molecule has 1 aromatic heterocycles. The minimum atomic E-state index is 0.204. The second kappa shape index (κ2) is 2.66. The zero-order valence-electron chi connectivity index (χ0n) is 6.95. The van der Waals surface area contributed by atoms with Gasteiger partial charge in [-0.25, -0.2) is 9.97 Å². The fourth-order valence-corrected chi connectivity index (χ4v) is 1.10. The van der Waals surface area contributed by atoms with E-state index in [0.29, 0.717) is 11.4 Å². The average Bonchev–Trinajstić information content (AvgIpc) is 2.87. The van der Waals surface area contributed by atoms with E-state index >= 15 is 0 Å². The van der Waals surface area contributed by atoms with E-state index in [1.807, 2.05) is 6.92 Å². The third-order valence-electron chi connectivity index (χ3n) is 2.01. The molecule has 1 fully saturated rings. The van der Waals surface area contributed by atoms with Gasteiger partial charge in [0.05, 0.1) is 5.56 Å². The van der Waals surface area contributed by atoms with E-state index in [4.69, 9.17) is 0 Å². The first-order valence-corrected chi connectivity index (χ1v) is 4.10. The molecule has 0 spiro atoms. The van der Waals surface area contributed by atoms with Crippen LogP contribution in [0.3, 0.4) is 0 Å². The molecule has 1 heterocycles.